The molecule has 0 saturated carbocycles. The summed E-state index contributed by atoms with van der Waals surface area (Å²) < 4.78 is 8.51. The molecule has 0 aliphatic rings. The topological polar surface area (TPSA) is 60.4 Å². The molecule has 0 N–H and O–H groups in total. The number of benzene rings is 2. The van der Waals surface area contributed by atoms with Gasteiger partial charge >= 0.3 is 0 Å². The van der Waals surface area contributed by atoms with E-state index in [-0.39, 0.29) is 5.56 Å². The van der Waals surface area contributed by atoms with Crippen LogP contribution in [0.15, 0.2) is 68.3 Å². The van der Waals surface area contributed by atoms with Gasteiger partial charge in [0.15, 0.2) is 5.82 Å². The molecule has 148 valence electrons. The van der Waals surface area contributed by atoms with Crippen LogP contribution in [0.4, 0.5) is 0 Å². The Morgan fingerprint density at radius 3 is 2.70 bits per heavy atom. The minimum atomic E-state index is -0.250. The first-order chi connectivity index (χ1) is 14.5. The number of fused-ring (bicyclic) bond motifs is 1. The predicted octanol–water partition coefficient (Wildman–Crippen LogP) is 5.70. The van der Waals surface area contributed by atoms with E-state index in [9.17, 15) is 4.79 Å². The van der Waals surface area contributed by atoms with Gasteiger partial charge in [-0.1, -0.05) is 62.6 Å². The fourth-order valence-corrected chi connectivity index (χ4v) is 4.71. The molecule has 0 fully saturated rings. The van der Waals surface area contributed by atoms with Gasteiger partial charge in [-0.05, 0) is 42.5 Å². The number of hydrogen-bond acceptors (Lipinski definition) is 5. The Labute approximate surface area is 192 Å². The van der Waals surface area contributed by atoms with Gasteiger partial charge < -0.3 is 4.42 Å². The molecule has 0 bridgehead atoms. The quantitative estimate of drug-likeness (QED) is 0.307. The fourth-order valence-electron chi connectivity index (χ4n) is 2.98. The number of thiazole rings is 1. The summed E-state index contributed by atoms with van der Waals surface area (Å²) in [4.78, 5) is 17.8. The molecule has 0 aliphatic carbocycles. The largest absolute Gasteiger partial charge is 0.457 e. The zero-order valence-electron chi connectivity index (χ0n) is 15.0. The van der Waals surface area contributed by atoms with E-state index in [1.165, 1.54) is 15.9 Å². The second-order valence-electron chi connectivity index (χ2n) is 6.35. The number of aromatic nitrogens is 3. The summed E-state index contributed by atoms with van der Waals surface area (Å²) in [7, 11) is 0. The first-order valence-corrected chi connectivity index (χ1v) is 11.1. The van der Waals surface area contributed by atoms with Crippen LogP contribution in [0.25, 0.3) is 33.7 Å². The van der Waals surface area contributed by atoms with E-state index < -0.39 is 0 Å². The Bertz CT molecular complexity index is 1520. The van der Waals surface area contributed by atoms with E-state index in [1.54, 1.807) is 36.4 Å². The van der Waals surface area contributed by atoms with Crippen molar-refractivity contribution in [1.82, 2.24) is 14.6 Å². The zero-order chi connectivity index (χ0) is 20.8. The van der Waals surface area contributed by atoms with Crippen LogP contribution < -0.4 is 10.1 Å². The van der Waals surface area contributed by atoms with E-state index >= 15 is 0 Å². The molecule has 0 radical (unpaired) electrons. The van der Waals surface area contributed by atoms with Crippen molar-refractivity contribution in [3.05, 3.63) is 89.8 Å². The molecule has 0 aliphatic heterocycles. The third-order valence-corrected chi connectivity index (χ3v) is 6.61. The Morgan fingerprint density at radius 1 is 1.07 bits per heavy atom. The maximum atomic E-state index is 12.8. The molecule has 5 rings (SSSR count). The number of rotatable bonds is 3. The lowest BCUT2D eigenvalue weighted by Gasteiger charge is -2.00. The predicted molar refractivity (Wildman–Crippen MR) is 123 cm³/mol. The van der Waals surface area contributed by atoms with Crippen molar-refractivity contribution in [1.29, 1.82) is 0 Å². The van der Waals surface area contributed by atoms with E-state index in [0.717, 1.165) is 10.0 Å². The molecule has 0 saturated heterocycles. The molecule has 3 aromatic heterocycles. The molecule has 0 atom stereocenters. The summed E-state index contributed by atoms with van der Waals surface area (Å²) in [5.74, 6) is 1.58. The summed E-state index contributed by atoms with van der Waals surface area (Å²) in [5.41, 5.74) is 1.26. The summed E-state index contributed by atoms with van der Waals surface area (Å²) >= 11 is 17.0. The molecule has 9 heteroatoms. The van der Waals surface area contributed by atoms with Gasteiger partial charge in [-0.2, -0.15) is 9.50 Å². The monoisotopic (exact) mass is 517 g/mol. The van der Waals surface area contributed by atoms with Crippen LogP contribution in [-0.2, 0) is 0 Å². The lowest BCUT2D eigenvalue weighted by Crippen LogP contribution is -2.23. The molecule has 0 amide bonds. The molecule has 5 aromatic rings. The molecule has 2 aromatic carbocycles. The van der Waals surface area contributed by atoms with Gasteiger partial charge in [-0.25, -0.2) is 0 Å². The molecular weight excluding hydrogens is 509 g/mol. The van der Waals surface area contributed by atoms with Crippen molar-refractivity contribution in [3.8, 4) is 22.7 Å². The third kappa shape index (κ3) is 3.48. The van der Waals surface area contributed by atoms with Crippen LogP contribution >= 0.6 is 50.5 Å². The minimum Gasteiger partial charge on any atom is -0.457 e. The van der Waals surface area contributed by atoms with Crippen molar-refractivity contribution in [2.24, 2.45) is 0 Å². The smallest absolute Gasteiger partial charge is 0.291 e. The molecular formula is C21H10BrCl2N3O2S. The highest BCUT2D eigenvalue weighted by Crippen LogP contribution is 2.32. The van der Waals surface area contributed by atoms with E-state index in [1.807, 2.05) is 24.3 Å². The number of halogens is 3. The summed E-state index contributed by atoms with van der Waals surface area (Å²) in [6.45, 7) is 0. The summed E-state index contributed by atoms with van der Waals surface area (Å²) in [5, 5.41) is 5.46. The number of furan rings is 1. The SMILES string of the molecule is O=c1/c(=C/c2ccc(-c3cc(Cl)ccc3Cl)o2)sc2nc(-c3ccccc3Br)nn12. The first kappa shape index (κ1) is 19.5. The second-order valence-corrected chi connectivity index (χ2v) is 9.06. The van der Waals surface area contributed by atoms with Crippen LogP contribution in [0.2, 0.25) is 10.0 Å². The van der Waals surface area contributed by atoms with Gasteiger partial charge in [0.1, 0.15) is 16.1 Å². The maximum absolute atomic E-state index is 12.8. The van der Waals surface area contributed by atoms with Crippen LogP contribution in [0.1, 0.15) is 5.76 Å². The standard InChI is InChI=1S/C21H10BrCl2N3O2S/c22-15-4-2-1-3-13(15)19-25-21-27(26-19)20(28)18(30-21)10-12-6-8-17(29-12)14-9-11(23)5-7-16(14)24/h1-10H/b18-10-. The van der Waals surface area contributed by atoms with Gasteiger partial charge in [0.05, 0.1) is 5.02 Å². The number of nitrogens with zero attached hydrogens (tertiary/aromatic N) is 3. The molecule has 0 spiro atoms. The molecule has 30 heavy (non-hydrogen) atoms. The van der Waals surface area contributed by atoms with Crippen molar-refractivity contribution in [2.45, 2.75) is 0 Å². The highest BCUT2D eigenvalue weighted by molar-refractivity contribution is 9.10. The average molecular weight is 519 g/mol. The van der Waals surface area contributed by atoms with Gasteiger partial charge in [0.25, 0.3) is 5.56 Å². The lowest BCUT2D eigenvalue weighted by atomic mass is 10.2. The molecule has 5 nitrogen and oxygen atoms in total. The van der Waals surface area contributed by atoms with Crippen molar-refractivity contribution >= 4 is 61.5 Å². The minimum absolute atomic E-state index is 0.250. The van der Waals surface area contributed by atoms with Crippen molar-refractivity contribution in [2.75, 3.05) is 0 Å². The van der Waals surface area contributed by atoms with Crippen LogP contribution in [0.3, 0.4) is 0 Å². The average Bonchev–Trinajstić information content (AvgIpc) is 3.42. The van der Waals surface area contributed by atoms with E-state index in [2.05, 4.69) is 26.0 Å². The second kappa shape index (κ2) is 7.67. The molecule has 0 unspecified atom stereocenters. The third-order valence-electron chi connectivity index (χ3n) is 4.39. The Morgan fingerprint density at radius 2 is 1.90 bits per heavy atom. The van der Waals surface area contributed by atoms with Crippen LogP contribution in [0.5, 0.6) is 0 Å². The van der Waals surface area contributed by atoms with Gasteiger partial charge in [-0.3, -0.25) is 4.79 Å². The summed E-state index contributed by atoms with van der Waals surface area (Å²) in [6.07, 6.45) is 1.67. The maximum Gasteiger partial charge on any atom is 0.291 e. The van der Waals surface area contributed by atoms with Gasteiger partial charge in [0, 0.05) is 26.7 Å². The van der Waals surface area contributed by atoms with Crippen molar-refractivity contribution in [3.63, 3.8) is 0 Å². The van der Waals surface area contributed by atoms with Gasteiger partial charge in [0.2, 0.25) is 4.96 Å². The Hall–Kier alpha value is -2.45. The number of hydrogen-bond donors (Lipinski definition) is 0. The fraction of sp³-hybridized carbons (Fsp3) is 0. The summed E-state index contributed by atoms with van der Waals surface area (Å²) in [6, 6.07) is 16.3. The van der Waals surface area contributed by atoms with E-state index in [4.69, 9.17) is 27.6 Å². The highest BCUT2D eigenvalue weighted by atomic mass is 79.9. The Balaban J connectivity index is 1.54. The van der Waals surface area contributed by atoms with Gasteiger partial charge in [-0.15, -0.1) is 5.10 Å². The zero-order valence-corrected chi connectivity index (χ0v) is 18.9. The highest BCUT2D eigenvalue weighted by Gasteiger charge is 2.14. The first-order valence-electron chi connectivity index (χ1n) is 8.71. The van der Waals surface area contributed by atoms with E-state index in [0.29, 0.717) is 42.4 Å². The Kier molecular flexibility index (Phi) is 4.99. The van der Waals surface area contributed by atoms with Crippen LogP contribution in [0, 0.1) is 0 Å². The van der Waals surface area contributed by atoms with Crippen LogP contribution in [-0.4, -0.2) is 14.6 Å². The van der Waals surface area contributed by atoms with Crippen molar-refractivity contribution < 1.29 is 4.42 Å². The molecule has 3 heterocycles. The lowest BCUT2D eigenvalue weighted by molar-refractivity contribution is 0.571. The normalized spacial score (nSPS) is 12.2.